The lowest BCUT2D eigenvalue weighted by atomic mass is 10.0. The molecule has 1 fully saturated rings. The molecule has 3 heterocycles. The molecule has 33 heavy (non-hydrogen) atoms. The summed E-state index contributed by atoms with van der Waals surface area (Å²) in [4.78, 5) is 42.3. The number of nitrogens with zero attached hydrogens (tertiary/aromatic N) is 4. The molecule has 2 amide bonds. The number of hydrogen-bond donors (Lipinski definition) is 0. The molecule has 5 rings (SSSR count). The summed E-state index contributed by atoms with van der Waals surface area (Å²) in [5.74, 6) is -1.24. The van der Waals surface area contributed by atoms with Crippen LogP contribution < -0.4 is 4.90 Å². The number of carbonyl (C=O) groups is 2. The van der Waals surface area contributed by atoms with Crippen molar-refractivity contribution in [1.29, 1.82) is 0 Å². The van der Waals surface area contributed by atoms with Crippen molar-refractivity contribution in [2.45, 2.75) is 24.7 Å². The first-order chi connectivity index (χ1) is 15.7. The molecule has 0 bridgehead atoms. The van der Waals surface area contributed by atoms with E-state index in [2.05, 4.69) is 4.98 Å². The summed E-state index contributed by atoms with van der Waals surface area (Å²) in [5, 5.41) is 11.2. The number of amides is 2. The van der Waals surface area contributed by atoms with Gasteiger partial charge in [0.15, 0.2) is 0 Å². The van der Waals surface area contributed by atoms with Gasteiger partial charge in [0.1, 0.15) is 0 Å². The van der Waals surface area contributed by atoms with Gasteiger partial charge in [-0.2, -0.15) is 4.31 Å². The summed E-state index contributed by atoms with van der Waals surface area (Å²) in [5.41, 5.74) is 0.935. The van der Waals surface area contributed by atoms with E-state index in [1.165, 1.54) is 46.8 Å². The maximum atomic E-state index is 13.4. The number of anilines is 1. The molecule has 0 aliphatic carbocycles. The smallest absolute Gasteiger partial charge is 0.268 e. The number of hydrogen-bond acceptors (Lipinski definition) is 7. The van der Waals surface area contributed by atoms with Crippen LogP contribution in [0.3, 0.4) is 0 Å². The highest BCUT2D eigenvalue weighted by atomic mass is 32.2. The molecule has 0 spiro atoms. The highest BCUT2D eigenvalue weighted by Gasteiger charge is 2.40. The van der Waals surface area contributed by atoms with Gasteiger partial charge in [-0.15, -0.1) is 0 Å². The molecule has 2 aromatic carbocycles. The third-order valence-electron chi connectivity index (χ3n) is 5.99. The zero-order chi connectivity index (χ0) is 23.5. The van der Waals surface area contributed by atoms with Gasteiger partial charge >= 0.3 is 0 Å². The summed E-state index contributed by atoms with van der Waals surface area (Å²) in [6, 6.07) is 9.48. The molecular weight excluding hydrogens is 448 g/mol. The first-order valence-corrected chi connectivity index (χ1v) is 11.7. The molecule has 2 aliphatic heterocycles. The quantitative estimate of drug-likeness (QED) is 0.328. The number of benzene rings is 2. The standard InChI is InChI=1S/C22H18N4O6S/c1-13-19-20(22(28)25(21(19)27)14-4-6-15(7-5-14)26(29)30)17-12-16(8-9-18(17)23-13)33(31,32)24-10-2-3-11-24/h4-9,12H,2-3,10-11H2,1H3. The maximum absolute atomic E-state index is 13.4. The van der Waals surface area contributed by atoms with Crippen LogP contribution in [0.2, 0.25) is 0 Å². The van der Waals surface area contributed by atoms with Crippen molar-refractivity contribution in [3.8, 4) is 0 Å². The first-order valence-electron chi connectivity index (χ1n) is 10.3. The predicted molar refractivity (Wildman–Crippen MR) is 119 cm³/mol. The number of non-ortho nitro benzene ring substituents is 1. The molecule has 11 heteroatoms. The number of nitro benzene ring substituents is 1. The van der Waals surface area contributed by atoms with E-state index < -0.39 is 26.8 Å². The van der Waals surface area contributed by atoms with Crippen LogP contribution in [0.4, 0.5) is 11.4 Å². The third kappa shape index (κ3) is 3.19. The van der Waals surface area contributed by atoms with E-state index in [1.807, 2.05) is 0 Å². The van der Waals surface area contributed by atoms with Gasteiger partial charge in [0, 0.05) is 30.6 Å². The zero-order valence-corrected chi connectivity index (χ0v) is 18.3. The van der Waals surface area contributed by atoms with Crippen LogP contribution in [0.25, 0.3) is 10.9 Å². The average Bonchev–Trinajstić information content (AvgIpc) is 3.42. The van der Waals surface area contributed by atoms with Crippen molar-refractivity contribution >= 4 is 44.1 Å². The molecule has 0 N–H and O–H groups in total. The summed E-state index contributed by atoms with van der Waals surface area (Å²) >= 11 is 0. The second kappa shape index (κ2) is 7.42. The molecule has 0 unspecified atom stereocenters. The Labute approximate surface area is 188 Å². The van der Waals surface area contributed by atoms with E-state index in [4.69, 9.17) is 0 Å². The molecule has 0 atom stereocenters. The van der Waals surface area contributed by atoms with Crippen molar-refractivity contribution in [3.05, 3.63) is 69.4 Å². The Kier molecular flexibility index (Phi) is 4.76. The van der Waals surface area contributed by atoms with Crippen LogP contribution in [0.5, 0.6) is 0 Å². The third-order valence-corrected chi connectivity index (χ3v) is 7.89. The van der Waals surface area contributed by atoms with Crippen molar-refractivity contribution < 1.29 is 22.9 Å². The largest absolute Gasteiger partial charge is 0.269 e. The van der Waals surface area contributed by atoms with Crippen LogP contribution in [-0.4, -0.2) is 47.5 Å². The monoisotopic (exact) mass is 466 g/mol. The Morgan fingerprint density at radius 3 is 2.24 bits per heavy atom. The summed E-state index contributed by atoms with van der Waals surface area (Å²) < 4.78 is 27.5. The number of rotatable bonds is 4. The van der Waals surface area contributed by atoms with E-state index in [0.29, 0.717) is 24.3 Å². The number of fused-ring (bicyclic) bond motifs is 3. The van der Waals surface area contributed by atoms with Crippen molar-refractivity contribution in [3.63, 3.8) is 0 Å². The minimum absolute atomic E-state index is 0.0405. The molecule has 1 aromatic heterocycles. The Balaban J connectivity index is 1.65. The Morgan fingerprint density at radius 1 is 0.970 bits per heavy atom. The fraction of sp³-hybridized carbons (Fsp3) is 0.227. The molecular formula is C22H18N4O6S. The predicted octanol–water partition coefficient (Wildman–Crippen LogP) is 3.04. The molecule has 2 aliphatic rings. The summed E-state index contributed by atoms with van der Waals surface area (Å²) in [6.07, 6.45) is 1.58. The fourth-order valence-corrected chi connectivity index (χ4v) is 5.90. The van der Waals surface area contributed by atoms with E-state index >= 15 is 0 Å². The molecule has 3 aromatic rings. The maximum Gasteiger partial charge on any atom is 0.269 e. The number of aromatic nitrogens is 1. The van der Waals surface area contributed by atoms with Crippen LogP contribution in [0.15, 0.2) is 47.4 Å². The number of imide groups is 1. The number of nitro groups is 1. The number of pyridine rings is 1. The fourth-order valence-electron chi connectivity index (χ4n) is 4.36. The van der Waals surface area contributed by atoms with Gasteiger partial charge in [0.25, 0.3) is 17.5 Å². The van der Waals surface area contributed by atoms with Crippen molar-refractivity contribution in [2.75, 3.05) is 18.0 Å². The van der Waals surface area contributed by atoms with E-state index in [0.717, 1.165) is 17.7 Å². The van der Waals surface area contributed by atoms with Gasteiger partial charge in [0.05, 0.1) is 37.8 Å². The van der Waals surface area contributed by atoms with Gasteiger partial charge in [0.2, 0.25) is 10.0 Å². The Bertz CT molecular complexity index is 1460. The van der Waals surface area contributed by atoms with Gasteiger partial charge in [-0.05, 0) is 50.1 Å². The number of aryl methyl sites for hydroxylation is 1. The lowest BCUT2D eigenvalue weighted by Crippen LogP contribution is -2.29. The van der Waals surface area contributed by atoms with E-state index in [-0.39, 0.29) is 32.8 Å². The summed E-state index contributed by atoms with van der Waals surface area (Å²) in [7, 11) is -3.74. The van der Waals surface area contributed by atoms with Crippen LogP contribution >= 0.6 is 0 Å². The lowest BCUT2D eigenvalue weighted by Gasteiger charge is -2.16. The van der Waals surface area contributed by atoms with E-state index in [1.54, 1.807) is 6.92 Å². The zero-order valence-electron chi connectivity index (χ0n) is 17.5. The van der Waals surface area contributed by atoms with Gasteiger partial charge in [-0.3, -0.25) is 24.7 Å². The Morgan fingerprint density at radius 2 is 1.61 bits per heavy atom. The average molecular weight is 466 g/mol. The van der Waals surface area contributed by atoms with Gasteiger partial charge in [-0.25, -0.2) is 13.3 Å². The lowest BCUT2D eigenvalue weighted by molar-refractivity contribution is -0.384. The molecule has 0 radical (unpaired) electrons. The number of carbonyl (C=O) groups excluding carboxylic acids is 2. The van der Waals surface area contributed by atoms with E-state index in [9.17, 15) is 28.1 Å². The van der Waals surface area contributed by atoms with Crippen molar-refractivity contribution in [1.82, 2.24) is 9.29 Å². The Hall–Kier alpha value is -3.70. The topological polar surface area (TPSA) is 131 Å². The number of sulfonamides is 1. The second-order valence-electron chi connectivity index (χ2n) is 7.96. The van der Waals surface area contributed by atoms with Gasteiger partial charge < -0.3 is 0 Å². The molecule has 10 nitrogen and oxygen atoms in total. The minimum Gasteiger partial charge on any atom is -0.268 e. The summed E-state index contributed by atoms with van der Waals surface area (Å²) in [6.45, 7) is 2.49. The normalized spacial score (nSPS) is 16.6. The minimum atomic E-state index is -3.74. The first kappa shape index (κ1) is 21.2. The molecule has 0 saturated carbocycles. The molecule has 1 saturated heterocycles. The highest BCUT2D eigenvalue weighted by molar-refractivity contribution is 7.89. The van der Waals surface area contributed by atoms with Crippen molar-refractivity contribution in [2.24, 2.45) is 0 Å². The van der Waals surface area contributed by atoms with Gasteiger partial charge in [-0.1, -0.05) is 0 Å². The SMILES string of the molecule is Cc1nc2ccc(S(=O)(=O)N3CCCC3)cc2c2c1C(=O)N(c1ccc([N+](=O)[O-])cc1)C2=O. The highest BCUT2D eigenvalue weighted by Crippen LogP contribution is 2.36. The molecule has 168 valence electrons. The van der Waals surface area contributed by atoms with Crippen LogP contribution in [-0.2, 0) is 10.0 Å². The van der Waals surface area contributed by atoms with Crippen LogP contribution in [0.1, 0.15) is 39.3 Å². The second-order valence-corrected chi connectivity index (χ2v) is 9.89. The van der Waals surface area contributed by atoms with Crippen LogP contribution in [0, 0.1) is 17.0 Å².